The summed E-state index contributed by atoms with van der Waals surface area (Å²) in [5.41, 5.74) is 0.676. The van der Waals surface area contributed by atoms with E-state index in [1.54, 1.807) is 66.7 Å². The van der Waals surface area contributed by atoms with E-state index in [0.29, 0.717) is 22.1 Å². The number of aromatic hydroxyl groups is 4. The summed E-state index contributed by atoms with van der Waals surface area (Å²) in [4.78, 5) is 11.1. The van der Waals surface area contributed by atoms with Crippen LogP contribution in [0.4, 0.5) is 34.1 Å². The van der Waals surface area contributed by atoms with Gasteiger partial charge in [0.15, 0.2) is 17.1 Å². The zero-order valence-corrected chi connectivity index (χ0v) is 35.6. The van der Waals surface area contributed by atoms with Crippen molar-refractivity contribution in [1.29, 1.82) is 0 Å². The van der Waals surface area contributed by atoms with E-state index in [1.807, 2.05) is 24.3 Å². The van der Waals surface area contributed by atoms with Gasteiger partial charge in [0, 0.05) is 39.0 Å². The smallest absolute Gasteiger partial charge is 0.341 e. The molecule has 1 radical (unpaired) electrons. The molecule has 16 nitrogen and oxygen atoms in total. The van der Waals surface area contributed by atoms with Crippen LogP contribution in [0.5, 0.6) is 23.0 Å². The number of azo groups is 2. The SMILES string of the molecule is O=C(O)c1ccccc1[NH2+]S(=O)(=O)c1ccc(O)c(N=[NH+]c2c(O)ccc3ccccc23)c1.O=S(=O)(Nc1ccccc1)c1ccc(O)c(N=Nc2c(O)ccc3ccccc23)c1.[Co]. The van der Waals surface area contributed by atoms with Crippen molar-refractivity contribution in [2.75, 3.05) is 4.72 Å². The first-order chi connectivity index (χ1) is 30.2. The molecule has 325 valence electrons. The van der Waals surface area contributed by atoms with Crippen LogP contribution in [-0.2, 0) is 36.8 Å². The molecule has 0 aromatic heterocycles. The maximum Gasteiger partial charge on any atom is 0.341 e. The summed E-state index contributed by atoms with van der Waals surface area (Å²) in [6.45, 7) is 0. The average Bonchev–Trinajstić information content (AvgIpc) is 3.27. The van der Waals surface area contributed by atoms with Crippen LogP contribution in [0, 0.1) is 0 Å². The zero-order valence-electron chi connectivity index (χ0n) is 32.9. The van der Waals surface area contributed by atoms with E-state index >= 15 is 0 Å². The van der Waals surface area contributed by atoms with Crippen LogP contribution in [0.2, 0.25) is 0 Å². The predicted molar refractivity (Wildman–Crippen MR) is 234 cm³/mol. The Morgan fingerprint density at radius 2 is 1.11 bits per heavy atom. The van der Waals surface area contributed by atoms with Gasteiger partial charge in [-0.2, -0.15) is 8.42 Å². The molecule has 0 aliphatic rings. The topological polar surface area (TPSA) is 266 Å². The molecule has 0 heterocycles. The van der Waals surface area contributed by atoms with E-state index in [-0.39, 0.29) is 77.9 Å². The second-order valence-corrected chi connectivity index (χ2v) is 17.1. The first-order valence-corrected chi connectivity index (χ1v) is 21.7. The number of para-hydroxylation sites is 1. The van der Waals surface area contributed by atoms with Gasteiger partial charge in [-0.3, -0.25) is 4.72 Å². The van der Waals surface area contributed by atoms with Crippen molar-refractivity contribution in [3.8, 4) is 23.0 Å². The van der Waals surface area contributed by atoms with Crippen molar-refractivity contribution in [2.45, 2.75) is 9.79 Å². The fraction of sp³-hybridized carbons (Fsp3) is 0. The summed E-state index contributed by atoms with van der Waals surface area (Å²) in [7, 11) is -7.96. The number of anilines is 1. The van der Waals surface area contributed by atoms with E-state index in [1.165, 1.54) is 66.7 Å². The number of hydrogen-bond donors (Lipinski definition) is 8. The summed E-state index contributed by atoms with van der Waals surface area (Å²) in [6, 6.07) is 42.5. The van der Waals surface area contributed by atoms with Gasteiger partial charge in [0.1, 0.15) is 39.1 Å². The molecule has 0 unspecified atom stereocenters. The molecule has 64 heavy (non-hydrogen) atoms. The average molecular weight is 944 g/mol. The summed E-state index contributed by atoms with van der Waals surface area (Å²) >= 11 is 0. The number of hydrogen-bond acceptors (Lipinski definition) is 12. The molecular weight excluding hydrogens is 908 g/mol. The maximum absolute atomic E-state index is 12.9. The van der Waals surface area contributed by atoms with E-state index < -0.39 is 26.0 Å². The van der Waals surface area contributed by atoms with Gasteiger partial charge < -0.3 is 25.5 Å². The Morgan fingerprint density at radius 1 is 0.562 bits per heavy atom. The normalized spacial score (nSPS) is 11.6. The Hall–Kier alpha value is -7.68. The number of nitrogens with zero attached hydrogens (tertiary/aromatic N) is 3. The van der Waals surface area contributed by atoms with Gasteiger partial charge in [-0.25, -0.2) is 17.9 Å². The maximum atomic E-state index is 12.9. The van der Waals surface area contributed by atoms with Crippen LogP contribution in [0.15, 0.2) is 189 Å². The Balaban J connectivity index is 0.000000210. The number of quaternary nitrogens is 1. The van der Waals surface area contributed by atoms with Crippen molar-refractivity contribution in [3.05, 3.63) is 169 Å². The number of benzene rings is 8. The van der Waals surface area contributed by atoms with Crippen molar-refractivity contribution in [1.82, 2.24) is 0 Å². The molecule has 0 atom stereocenters. The number of primary sulfonamides is 1. The van der Waals surface area contributed by atoms with Crippen molar-refractivity contribution >= 4 is 81.7 Å². The van der Waals surface area contributed by atoms with Gasteiger partial charge in [-0.15, -0.1) is 10.2 Å². The summed E-state index contributed by atoms with van der Waals surface area (Å²) in [5, 5.41) is 67.9. The number of carbonyl (C=O) groups is 1. The fourth-order valence-electron chi connectivity index (χ4n) is 6.22. The summed E-state index contributed by atoms with van der Waals surface area (Å²) < 4.78 is 54.5. The van der Waals surface area contributed by atoms with Gasteiger partial charge in [0.2, 0.25) is 0 Å². The molecule has 9 N–H and O–H groups in total. The van der Waals surface area contributed by atoms with Gasteiger partial charge in [0.05, 0.1) is 10.3 Å². The monoisotopic (exact) mass is 943 g/mol. The van der Waals surface area contributed by atoms with Gasteiger partial charge in [-0.1, -0.05) is 90.0 Å². The number of nitrogens with two attached hydrogens (primary N) is 1. The van der Waals surface area contributed by atoms with Crippen molar-refractivity contribution < 1.29 is 73.8 Å². The van der Waals surface area contributed by atoms with Crippen LogP contribution < -0.4 is 14.6 Å². The van der Waals surface area contributed by atoms with Crippen molar-refractivity contribution in [3.63, 3.8) is 0 Å². The van der Waals surface area contributed by atoms with Gasteiger partial charge in [0.25, 0.3) is 15.7 Å². The second-order valence-electron chi connectivity index (χ2n) is 13.6. The quantitative estimate of drug-likeness (QED) is 0.0360. The number of aromatic carboxylic acids is 1. The first-order valence-electron chi connectivity index (χ1n) is 18.7. The van der Waals surface area contributed by atoms with Crippen LogP contribution in [0.3, 0.4) is 0 Å². The number of nitrogens with one attached hydrogen (secondary N) is 2. The van der Waals surface area contributed by atoms with E-state index in [4.69, 9.17) is 0 Å². The molecule has 0 fully saturated rings. The Bertz CT molecular complexity index is 3320. The van der Waals surface area contributed by atoms with Crippen LogP contribution in [0.1, 0.15) is 10.4 Å². The number of rotatable bonds is 11. The molecule has 0 amide bonds. The number of carboxylic acids is 1. The zero-order chi connectivity index (χ0) is 44.7. The van der Waals surface area contributed by atoms with Gasteiger partial charge >= 0.3 is 16.0 Å². The molecule has 19 heteroatoms. The van der Waals surface area contributed by atoms with Crippen LogP contribution >= 0.6 is 0 Å². The molecule has 0 saturated carbocycles. The molecule has 8 aromatic rings. The number of fused-ring (bicyclic) bond motifs is 2. The molecule has 0 saturated heterocycles. The number of phenols is 4. The predicted octanol–water partition coefficient (Wildman–Crippen LogP) is 7.49. The van der Waals surface area contributed by atoms with Gasteiger partial charge in [-0.05, 0) is 83.6 Å². The third kappa shape index (κ3) is 10.5. The van der Waals surface area contributed by atoms with E-state index in [2.05, 4.69) is 25.2 Å². The molecule has 0 bridgehead atoms. The molecule has 0 spiro atoms. The minimum absolute atomic E-state index is 0. The Morgan fingerprint density at radius 3 is 1.81 bits per heavy atom. The van der Waals surface area contributed by atoms with Crippen LogP contribution in [0.25, 0.3) is 21.5 Å². The fourth-order valence-corrected chi connectivity index (χ4v) is 8.50. The standard InChI is InChI=1S/C23H17N3O6S.C22H17N3O4S.Co/c27-20-12-10-15(33(31,32)26-18-8-4-3-7-17(18)23(29)30)13-19(20)24-25-22-16-6-2-1-5-14(16)9-11-21(22)28;26-20-13-11-17(30(28,29)25-16-7-2-1-3-8-16)14-19(20)23-24-22-18-9-5-4-6-15(18)10-12-21(22)27;/h1-13,26-28H,(H,29,30);1-14,25-27H;/p+2. The molecule has 8 rings (SSSR count). The summed E-state index contributed by atoms with van der Waals surface area (Å²) in [5.74, 6) is -1.92. The third-order valence-corrected chi connectivity index (χ3v) is 12.2. The minimum Gasteiger partial charge on any atom is -0.506 e. The second kappa shape index (κ2) is 19.6. The number of sulfonamides is 2. The summed E-state index contributed by atoms with van der Waals surface area (Å²) in [6.07, 6.45) is 0. The molecular formula is C45H36CoN6O10S2+2. The first kappa shape index (κ1) is 45.8. The third-order valence-electron chi connectivity index (χ3n) is 9.36. The largest absolute Gasteiger partial charge is 0.506 e. The molecule has 0 aliphatic carbocycles. The Kier molecular flexibility index (Phi) is 14.0. The number of phenolic OH excluding ortho intramolecular Hbond substituents is 4. The van der Waals surface area contributed by atoms with Crippen LogP contribution in [-0.4, -0.2) is 48.3 Å². The number of carboxylic acid groups (broad SMARTS) is 1. The van der Waals surface area contributed by atoms with Crippen molar-refractivity contribution in [2.24, 2.45) is 15.3 Å². The van der Waals surface area contributed by atoms with E-state index in [9.17, 15) is 47.2 Å². The Labute approximate surface area is 375 Å². The molecule has 0 aliphatic heterocycles. The molecule has 8 aromatic carbocycles. The van der Waals surface area contributed by atoms with E-state index in [0.717, 1.165) is 21.6 Å². The minimum atomic E-state index is -4.07.